The van der Waals surface area contributed by atoms with Gasteiger partial charge in [-0.25, -0.2) is 4.98 Å². The maximum atomic E-state index is 6.13. The Balaban J connectivity index is 2.37. The van der Waals surface area contributed by atoms with Gasteiger partial charge in [0.1, 0.15) is 5.82 Å². The van der Waals surface area contributed by atoms with Crippen LogP contribution in [0.15, 0.2) is 34.8 Å². The minimum atomic E-state index is 0.263. The lowest BCUT2D eigenvalue weighted by Gasteiger charge is -2.10. The van der Waals surface area contributed by atoms with Crippen molar-refractivity contribution in [1.82, 2.24) is 9.55 Å². The first kappa shape index (κ1) is 15.4. The molecule has 0 bridgehead atoms. The van der Waals surface area contributed by atoms with Crippen molar-refractivity contribution in [3.05, 3.63) is 55.7 Å². The van der Waals surface area contributed by atoms with Crippen molar-refractivity contribution < 1.29 is 0 Å². The van der Waals surface area contributed by atoms with Crippen LogP contribution in [0, 0.1) is 0 Å². The second-order valence-corrected chi connectivity index (χ2v) is 6.72. The molecule has 2 nitrogen and oxygen atoms in total. The van der Waals surface area contributed by atoms with E-state index in [4.69, 9.17) is 46.4 Å². The maximum absolute atomic E-state index is 6.13. The van der Waals surface area contributed by atoms with E-state index in [1.54, 1.807) is 12.1 Å². The molecule has 0 atom stereocenters. The van der Waals surface area contributed by atoms with Gasteiger partial charge < -0.3 is 0 Å². The first-order valence-electron chi connectivity index (χ1n) is 5.89. The zero-order chi connectivity index (χ0) is 15.1. The molecular weight excluding hydrogens is 418 g/mol. The quantitative estimate of drug-likeness (QED) is 0.430. The monoisotopic (exact) mass is 422 g/mol. The van der Waals surface area contributed by atoms with E-state index in [1.807, 2.05) is 22.8 Å². The predicted molar refractivity (Wildman–Crippen MR) is 93.4 cm³/mol. The third kappa shape index (κ3) is 2.78. The van der Waals surface area contributed by atoms with Crippen LogP contribution in [0.1, 0.15) is 5.82 Å². The van der Waals surface area contributed by atoms with E-state index in [2.05, 4.69) is 20.9 Å². The van der Waals surface area contributed by atoms with Gasteiger partial charge in [-0.1, -0.05) is 34.8 Å². The Bertz CT molecular complexity index is 845. The molecule has 0 unspecified atom stereocenters. The van der Waals surface area contributed by atoms with Gasteiger partial charge in [0.05, 0.1) is 32.6 Å². The normalized spacial score (nSPS) is 11.3. The summed E-state index contributed by atoms with van der Waals surface area (Å²) in [5.41, 5.74) is 2.46. The molecule has 0 fully saturated rings. The number of alkyl halides is 1. The lowest BCUT2D eigenvalue weighted by molar-refractivity contribution is 0.977. The van der Waals surface area contributed by atoms with E-state index >= 15 is 0 Å². The number of nitrogens with zero attached hydrogens (tertiary/aromatic N) is 2. The number of halogens is 5. The number of hydrogen-bond acceptors (Lipinski definition) is 1. The standard InChI is InChI=1S/C14H7BrCl4N2/c15-8-3-7(17)1-2-12(8)21-13-5-10(19)9(18)4-11(13)20-14(21)6-16/h1-5H,6H2. The second kappa shape index (κ2) is 5.98. The van der Waals surface area contributed by atoms with E-state index in [9.17, 15) is 0 Å². The molecule has 2 aromatic carbocycles. The van der Waals surface area contributed by atoms with Crippen LogP contribution in [0.4, 0.5) is 0 Å². The van der Waals surface area contributed by atoms with Crippen LogP contribution in [-0.2, 0) is 5.88 Å². The van der Waals surface area contributed by atoms with E-state index in [-0.39, 0.29) is 5.88 Å². The number of rotatable bonds is 2. The van der Waals surface area contributed by atoms with Gasteiger partial charge in [-0.15, -0.1) is 11.6 Å². The molecule has 7 heteroatoms. The Morgan fingerprint density at radius 2 is 1.76 bits per heavy atom. The highest BCUT2D eigenvalue weighted by atomic mass is 79.9. The Morgan fingerprint density at radius 3 is 2.43 bits per heavy atom. The van der Waals surface area contributed by atoms with Crippen molar-refractivity contribution in [3.8, 4) is 5.69 Å². The minimum Gasteiger partial charge on any atom is -0.294 e. The van der Waals surface area contributed by atoms with Crippen LogP contribution in [0.2, 0.25) is 15.1 Å². The summed E-state index contributed by atoms with van der Waals surface area (Å²) in [6, 6.07) is 9.03. The molecule has 3 rings (SSSR count). The van der Waals surface area contributed by atoms with Gasteiger partial charge in [0.15, 0.2) is 0 Å². The van der Waals surface area contributed by atoms with Gasteiger partial charge in [-0.3, -0.25) is 4.57 Å². The van der Waals surface area contributed by atoms with Gasteiger partial charge in [-0.2, -0.15) is 0 Å². The molecule has 0 aliphatic carbocycles. The highest BCUT2D eigenvalue weighted by molar-refractivity contribution is 9.10. The molecule has 0 spiro atoms. The lowest BCUT2D eigenvalue weighted by Crippen LogP contribution is -2.00. The second-order valence-electron chi connectivity index (χ2n) is 4.35. The summed E-state index contributed by atoms with van der Waals surface area (Å²) in [6.07, 6.45) is 0. The summed E-state index contributed by atoms with van der Waals surface area (Å²) in [5, 5.41) is 1.57. The Morgan fingerprint density at radius 1 is 1.05 bits per heavy atom. The van der Waals surface area contributed by atoms with E-state index in [1.165, 1.54) is 0 Å². The molecule has 0 aliphatic rings. The number of benzene rings is 2. The molecule has 0 saturated heterocycles. The van der Waals surface area contributed by atoms with Crippen LogP contribution in [0.25, 0.3) is 16.7 Å². The summed E-state index contributed by atoms with van der Waals surface area (Å²) in [5.74, 6) is 0.965. The summed E-state index contributed by atoms with van der Waals surface area (Å²) < 4.78 is 2.78. The largest absolute Gasteiger partial charge is 0.294 e. The Labute approximate surface area is 149 Å². The van der Waals surface area contributed by atoms with Crippen LogP contribution < -0.4 is 0 Å². The van der Waals surface area contributed by atoms with Crippen molar-refractivity contribution >= 4 is 73.4 Å². The average Bonchev–Trinajstić information content (AvgIpc) is 2.77. The third-order valence-corrected chi connectivity index (χ3v) is 4.87. The molecule has 1 heterocycles. The van der Waals surface area contributed by atoms with Crippen LogP contribution in [0.3, 0.4) is 0 Å². The van der Waals surface area contributed by atoms with Crippen LogP contribution >= 0.6 is 62.3 Å². The number of imidazole rings is 1. The molecule has 1 aromatic heterocycles. The molecule has 21 heavy (non-hydrogen) atoms. The summed E-state index contributed by atoms with van der Waals surface area (Å²) in [6.45, 7) is 0. The van der Waals surface area contributed by atoms with Crippen molar-refractivity contribution in [1.29, 1.82) is 0 Å². The topological polar surface area (TPSA) is 17.8 Å². The molecule has 0 aliphatic heterocycles. The van der Waals surface area contributed by atoms with Crippen molar-refractivity contribution in [3.63, 3.8) is 0 Å². The molecule has 0 amide bonds. The molecule has 3 aromatic rings. The fourth-order valence-corrected chi connectivity index (χ4v) is 3.50. The summed E-state index contributed by atoms with van der Waals surface area (Å²) in [4.78, 5) is 4.51. The van der Waals surface area contributed by atoms with Gasteiger partial charge >= 0.3 is 0 Å². The molecule has 108 valence electrons. The van der Waals surface area contributed by atoms with Gasteiger partial charge in [0.2, 0.25) is 0 Å². The molecular formula is C14H7BrCl4N2. The molecule has 0 N–H and O–H groups in total. The van der Waals surface area contributed by atoms with Gasteiger partial charge in [0, 0.05) is 9.50 Å². The smallest absolute Gasteiger partial charge is 0.129 e. The highest BCUT2D eigenvalue weighted by Crippen LogP contribution is 2.33. The van der Waals surface area contributed by atoms with Gasteiger partial charge in [0.25, 0.3) is 0 Å². The number of fused-ring (bicyclic) bond motifs is 1. The van der Waals surface area contributed by atoms with Crippen molar-refractivity contribution in [2.45, 2.75) is 5.88 Å². The lowest BCUT2D eigenvalue weighted by atomic mass is 10.2. The molecule has 0 saturated carbocycles. The van der Waals surface area contributed by atoms with Crippen LogP contribution in [-0.4, -0.2) is 9.55 Å². The minimum absolute atomic E-state index is 0.263. The zero-order valence-electron chi connectivity index (χ0n) is 10.4. The first-order valence-corrected chi connectivity index (χ1v) is 8.35. The Hall–Kier alpha value is -0.450. The highest BCUT2D eigenvalue weighted by Gasteiger charge is 2.16. The molecule has 0 radical (unpaired) electrons. The number of aromatic nitrogens is 2. The Kier molecular flexibility index (Phi) is 4.40. The first-order chi connectivity index (χ1) is 10.0. The fourth-order valence-electron chi connectivity index (χ4n) is 2.14. The van der Waals surface area contributed by atoms with Crippen molar-refractivity contribution in [2.75, 3.05) is 0 Å². The maximum Gasteiger partial charge on any atom is 0.129 e. The SMILES string of the molecule is ClCc1nc2cc(Cl)c(Cl)cc2n1-c1ccc(Cl)cc1Br. The summed E-state index contributed by atoms with van der Waals surface area (Å²) >= 11 is 27.7. The average molecular weight is 425 g/mol. The summed E-state index contributed by atoms with van der Waals surface area (Å²) in [7, 11) is 0. The third-order valence-electron chi connectivity index (χ3n) is 3.04. The van der Waals surface area contributed by atoms with Gasteiger partial charge in [-0.05, 0) is 46.3 Å². The fraction of sp³-hybridized carbons (Fsp3) is 0.0714. The van der Waals surface area contributed by atoms with E-state index in [0.717, 1.165) is 21.2 Å². The predicted octanol–water partition coefficient (Wildman–Crippen LogP) is 6.49. The zero-order valence-corrected chi connectivity index (χ0v) is 15.0. The van der Waals surface area contributed by atoms with Crippen LogP contribution in [0.5, 0.6) is 0 Å². The van der Waals surface area contributed by atoms with Crippen molar-refractivity contribution in [2.24, 2.45) is 0 Å². The van der Waals surface area contributed by atoms with E-state index in [0.29, 0.717) is 20.9 Å². The number of hydrogen-bond donors (Lipinski definition) is 0. The van der Waals surface area contributed by atoms with E-state index < -0.39 is 0 Å².